The number of benzene rings is 3. The molecule has 5 rings (SSSR count). The number of hydrogen-bond donors (Lipinski definition) is 0. The number of para-hydroxylation sites is 2. The van der Waals surface area contributed by atoms with Crippen LogP contribution in [0.4, 0.5) is 5.69 Å². The Hall–Kier alpha value is -3.46. The van der Waals surface area contributed by atoms with E-state index in [1.54, 1.807) is 0 Å². The molecule has 0 aliphatic carbocycles. The predicted octanol–water partition coefficient (Wildman–Crippen LogP) is 1.82. The van der Waals surface area contributed by atoms with Crippen LogP contribution in [0.2, 0.25) is 0 Å². The molecule has 0 amide bonds. The SMILES string of the molecule is CC[n+]1c(/C=C/C=C2\N(C)c3ccccc3C2(C)C)n(-c2ccccc2)c2ccc(C)cc21.[O-][Cl+3]([O-])([O-])[O-]. The Balaban J connectivity index is 0.000000617. The highest BCUT2D eigenvalue weighted by Crippen LogP contribution is 2.46. The van der Waals surface area contributed by atoms with Crippen molar-refractivity contribution >= 4 is 22.8 Å². The van der Waals surface area contributed by atoms with E-state index in [2.05, 4.69) is 140 Å². The number of halogens is 1. The Morgan fingerprint density at radius 2 is 1.55 bits per heavy atom. The van der Waals surface area contributed by atoms with Gasteiger partial charge in [0, 0.05) is 29.9 Å². The lowest BCUT2D eigenvalue weighted by Gasteiger charge is -2.23. The first kappa shape index (κ1) is 27.6. The quantitative estimate of drug-likeness (QED) is 0.372. The van der Waals surface area contributed by atoms with Gasteiger partial charge in [-0.25, -0.2) is 23.2 Å². The van der Waals surface area contributed by atoms with Gasteiger partial charge in [-0.1, -0.05) is 62.4 Å². The molecule has 0 N–H and O–H groups in total. The van der Waals surface area contributed by atoms with E-state index in [9.17, 15) is 0 Å². The molecule has 0 spiro atoms. The third-order valence-corrected chi connectivity index (χ3v) is 6.94. The fourth-order valence-corrected chi connectivity index (χ4v) is 5.28. The molecule has 7 nitrogen and oxygen atoms in total. The molecule has 0 fully saturated rings. The zero-order chi connectivity index (χ0) is 27.7. The smallest absolute Gasteiger partial charge is 0.287 e. The summed E-state index contributed by atoms with van der Waals surface area (Å²) in [5.74, 6) is 1.18. The van der Waals surface area contributed by atoms with Crippen LogP contribution in [0.5, 0.6) is 0 Å². The van der Waals surface area contributed by atoms with E-state index in [1.165, 1.54) is 45.1 Å². The van der Waals surface area contributed by atoms with E-state index < -0.39 is 10.2 Å². The summed E-state index contributed by atoms with van der Waals surface area (Å²) >= 11 is 0. The molecule has 0 radical (unpaired) electrons. The summed E-state index contributed by atoms with van der Waals surface area (Å²) in [6.07, 6.45) is 6.75. The van der Waals surface area contributed by atoms with Crippen molar-refractivity contribution in [3.8, 4) is 5.69 Å². The van der Waals surface area contributed by atoms with Crippen molar-refractivity contribution in [1.29, 1.82) is 0 Å². The van der Waals surface area contributed by atoms with Crippen molar-refractivity contribution in [2.24, 2.45) is 0 Å². The van der Waals surface area contributed by atoms with Crippen LogP contribution in [0.25, 0.3) is 22.8 Å². The average molecular weight is 534 g/mol. The molecule has 0 bridgehead atoms. The molecule has 198 valence electrons. The molecule has 0 atom stereocenters. The predicted molar refractivity (Wildman–Crippen MR) is 139 cm³/mol. The average Bonchev–Trinajstić information content (AvgIpc) is 3.27. The number of aromatic nitrogens is 2. The minimum absolute atomic E-state index is 0.0281. The zero-order valence-corrected chi connectivity index (χ0v) is 23.0. The number of anilines is 1. The molecule has 2 heterocycles. The van der Waals surface area contributed by atoms with Crippen LogP contribution in [0.15, 0.2) is 90.6 Å². The van der Waals surface area contributed by atoms with Gasteiger partial charge in [0.1, 0.15) is 5.69 Å². The Kier molecular flexibility index (Phi) is 7.78. The van der Waals surface area contributed by atoms with E-state index in [1.807, 2.05) is 0 Å². The maximum absolute atomic E-state index is 8.49. The van der Waals surface area contributed by atoms with Crippen molar-refractivity contribution in [3.05, 3.63) is 108 Å². The van der Waals surface area contributed by atoms with Gasteiger partial charge in [-0.2, -0.15) is 4.57 Å². The van der Waals surface area contributed by atoms with Crippen molar-refractivity contribution in [1.82, 2.24) is 4.57 Å². The van der Waals surface area contributed by atoms with Gasteiger partial charge < -0.3 is 4.90 Å². The summed E-state index contributed by atoms with van der Waals surface area (Å²) in [7, 11) is -2.77. The van der Waals surface area contributed by atoms with Gasteiger partial charge in [0.2, 0.25) is 0 Å². The van der Waals surface area contributed by atoms with Crippen LogP contribution in [-0.4, -0.2) is 11.6 Å². The summed E-state index contributed by atoms with van der Waals surface area (Å²) in [5.41, 5.74) is 8.90. The van der Waals surface area contributed by atoms with Gasteiger partial charge >= 0.3 is 0 Å². The number of nitrogens with zero attached hydrogens (tertiary/aromatic N) is 3. The first-order chi connectivity index (χ1) is 17.9. The summed E-state index contributed by atoms with van der Waals surface area (Å²) in [5, 5.41) is 0. The Bertz CT molecular complexity index is 1500. The summed E-state index contributed by atoms with van der Waals surface area (Å²) in [6.45, 7) is 9.91. The molecule has 4 aromatic rings. The van der Waals surface area contributed by atoms with Crippen LogP contribution in [0.1, 0.15) is 37.7 Å². The minimum Gasteiger partial charge on any atom is -0.347 e. The number of allylic oxidation sites excluding steroid dienone is 3. The topological polar surface area (TPSA) is 104 Å². The van der Waals surface area contributed by atoms with Gasteiger partial charge in [0.05, 0.1) is 6.54 Å². The Morgan fingerprint density at radius 3 is 2.18 bits per heavy atom. The number of hydrogen-bond acceptors (Lipinski definition) is 5. The lowest BCUT2D eigenvalue weighted by molar-refractivity contribution is -2.00. The van der Waals surface area contributed by atoms with Crippen LogP contribution in [-0.2, 0) is 12.0 Å². The third kappa shape index (κ3) is 5.53. The molecule has 0 unspecified atom stereocenters. The Labute approximate surface area is 225 Å². The molecule has 1 aliphatic heterocycles. The number of imidazole rings is 1. The van der Waals surface area contributed by atoms with Gasteiger partial charge in [0.15, 0.2) is 11.0 Å². The highest BCUT2D eigenvalue weighted by atomic mass is 35.7. The van der Waals surface area contributed by atoms with Crippen molar-refractivity contribution < 1.29 is 33.4 Å². The lowest BCUT2D eigenvalue weighted by atomic mass is 9.84. The van der Waals surface area contributed by atoms with E-state index in [4.69, 9.17) is 18.6 Å². The molecule has 0 saturated carbocycles. The number of rotatable bonds is 4. The minimum atomic E-state index is -4.94. The fourth-order valence-electron chi connectivity index (χ4n) is 5.28. The van der Waals surface area contributed by atoms with E-state index >= 15 is 0 Å². The maximum atomic E-state index is 8.49. The van der Waals surface area contributed by atoms with Crippen LogP contribution in [0, 0.1) is 17.2 Å². The van der Waals surface area contributed by atoms with E-state index in [-0.39, 0.29) is 5.41 Å². The molecule has 3 aromatic carbocycles. The molecular formula is C30H32ClN3O4. The summed E-state index contributed by atoms with van der Waals surface area (Å²) in [6, 6.07) is 26.1. The number of fused-ring (bicyclic) bond motifs is 2. The van der Waals surface area contributed by atoms with Gasteiger partial charge in [-0.05, 0) is 61.4 Å². The van der Waals surface area contributed by atoms with Crippen molar-refractivity contribution in [3.63, 3.8) is 0 Å². The molecule has 0 saturated heterocycles. The fraction of sp³-hybridized carbons (Fsp3) is 0.233. The molecular weight excluding hydrogens is 502 g/mol. The largest absolute Gasteiger partial charge is 0.347 e. The lowest BCUT2D eigenvalue weighted by Crippen LogP contribution is -2.68. The second-order valence-electron chi connectivity index (χ2n) is 9.76. The standard InChI is InChI=1S/C30H32N3.ClHO4/c1-6-32-27-21-22(2)19-20-26(27)33(23-13-8-7-9-14-23)29(32)18-12-17-28-30(3,4)24-15-10-11-16-25(24)31(28)5;2-1(3,4)5/h7-21H,6H2,1-5H3;(H,2,3,4,5)/q+1;/p-1. The number of likely N-dealkylation sites (N-methyl/N-ethyl adjacent to an activating group) is 1. The first-order valence-corrected chi connectivity index (χ1v) is 13.6. The monoisotopic (exact) mass is 533 g/mol. The number of aryl methyl sites for hydroxylation is 2. The zero-order valence-electron chi connectivity index (χ0n) is 22.2. The van der Waals surface area contributed by atoms with Crippen LogP contribution < -0.4 is 28.1 Å². The second kappa shape index (κ2) is 10.7. The summed E-state index contributed by atoms with van der Waals surface area (Å²) < 4.78 is 38.7. The molecule has 1 aliphatic rings. The normalized spacial score (nSPS) is 15.7. The molecule has 8 heteroatoms. The van der Waals surface area contributed by atoms with Crippen LogP contribution >= 0.6 is 0 Å². The van der Waals surface area contributed by atoms with Crippen LogP contribution in [0.3, 0.4) is 0 Å². The van der Waals surface area contributed by atoms with E-state index in [0.29, 0.717) is 0 Å². The van der Waals surface area contributed by atoms with Crippen molar-refractivity contribution in [2.45, 2.75) is 39.7 Å². The highest BCUT2D eigenvalue weighted by Gasteiger charge is 2.37. The van der Waals surface area contributed by atoms with Gasteiger partial charge in [-0.15, -0.1) is 10.2 Å². The highest BCUT2D eigenvalue weighted by molar-refractivity contribution is 5.77. The Morgan fingerprint density at radius 1 is 0.921 bits per heavy atom. The summed E-state index contributed by atoms with van der Waals surface area (Å²) in [4.78, 5) is 2.32. The van der Waals surface area contributed by atoms with Gasteiger partial charge in [-0.3, -0.25) is 0 Å². The van der Waals surface area contributed by atoms with E-state index in [0.717, 1.165) is 6.54 Å². The van der Waals surface area contributed by atoms with Crippen molar-refractivity contribution in [2.75, 3.05) is 11.9 Å². The first-order valence-electron chi connectivity index (χ1n) is 12.4. The molecule has 38 heavy (non-hydrogen) atoms. The molecule has 1 aromatic heterocycles. The second-order valence-corrected chi connectivity index (χ2v) is 10.5. The van der Waals surface area contributed by atoms with Gasteiger partial charge in [0.25, 0.3) is 5.82 Å². The maximum Gasteiger partial charge on any atom is 0.287 e. The third-order valence-electron chi connectivity index (χ3n) is 6.94.